The van der Waals surface area contributed by atoms with Gasteiger partial charge in [0.1, 0.15) is 11.3 Å². The summed E-state index contributed by atoms with van der Waals surface area (Å²) in [6.45, 7) is 1.96. The van der Waals surface area contributed by atoms with Gasteiger partial charge in [0.25, 0.3) is 0 Å². The molecule has 132 valence electrons. The molecule has 2 N–H and O–H groups in total. The van der Waals surface area contributed by atoms with Crippen LogP contribution in [-0.4, -0.2) is 29.2 Å². The average Bonchev–Trinajstić information content (AvgIpc) is 2.56. The molecule has 1 saturated carbocycles. The summed E-state index contributed by atoms with van der Waals surface area (Å²) >= 11 is 0. The minimum Gasteiger partial charge on any atom is -0.489 e. The summed E-state index contributed by atoms with van der Waals surface area (Å²) in [6, 6.07) is 1.68. The minimum absolute atomic E-state index is 0.165. The Bertz CT molecular complexity index is 624. The second kappa shape index (κ2) is 7.99. The van der Waals surface area contributed by atoms with Crippen molar-refractivity contribution in [2.45, 2.75) is 57.9 Å². The number of aromatic carboxylic acids is 1. The lowest BCUT2D eigenvalue weighted by Crippen LogP contribution is -2.24. The van der Waals surface area contributed by atoms with E-state index < -0.39 is 10.9 Å². The molecule has 0 amide bonds. The van der Waals surface area contributed by atoms with Crippen molar-refractivity contribution in [1.82, 2.24) is 0 Å². The van der Waals surface area contributed by atoms with Crippen LogP contribution in [0.25, 0.3) is 0 Å². The smallest absolute Gasteiger partial charge is 0.339 e. The van der Waals surface area contributed by atoms with Crippen LogP contribution in [0.5, 0.6) is 5.75 Å². The van der Waals surface area contributed by atoms with Gasteiger partial charge in [-0.05, 0) is 30.9 Å². The third kappa shape index (κ3) is 3.77. The fourth-order valence-electron chi connectivity index (χ4n) is 3.32. The summed E-state index contributed by atoms with van der Waals surface area (Å²) in [5, 5.41) is 24.4. The lowest BCUT2D eigenvalue weighted by molar-refractivity contribution is -0.384. The number of hydrogen-bond donors (Lipinski definition) is 2. The van der Waals surface area contributed by atoms with E-state index in [1.165, 1.54) is 19.6 Å². The molecule has 1 aromatic carbocycles. The molecule has 1 aromatic rings. The van der Waals surface area contributed by atoms with Gasteiger partial charge in [0.2, 0.25) is 5.75 Å². The van der Waals surface area contributed by atoms with Crippen molar-refractivity contribution in [3.05, 3.63) is 27.3 Å². The fraction of sp³-hybridized carbons (Fsp3) is 0.588. The Hall–Kier alpha value is -2.31. The van der Waals surface area contributed by atoms with Gasteiger partial charge in [-0.15, -0.1) is 0 Å². The van der Waals surface area contributed by atoms with Crippen LogP contribution in [0.15, 0.2) is 6.07 Å². The number of aryl methyl sites for hydroxylation is 1. The zero-order valence-corrected chi connectivity index (χ0v) is 14.1. The van der Waals surface area contributed by atoms with E-state index in [0.717, 1.165) is 32.1 Å². The zero-order valence-electron chi connectivity index (χ0n) is 14.1. The van der Waals surface area contributed by atoms with Gasteiger partial charge in [0, 0.05) is 6.04 Å². The predicted octanol–water partition coefficient (Wildman–Crippen LogP) is 4.00. The Morgan fingerprint density at radius 3 is 2.58 bits per heavy atom. The summed E-state index contributed by atoms with van der Waals surface area (Å²) in [5.74, 6) is -1.41. The molecule has 2 rings (SSSR count). The van der Waals surface area contributed by atoms with Gasteiger partial charge in [0.15, 0.2) is 0 Å². The molecule has 7 heteroatoms. The Balaban J connectivity index is 2.58. The van der Waals surface area contributed by atoms with Crippen LogP contribution in [0.3, 0.4) is 0 Å². The number of nitrogens with one attached hydrogen (secondary N) is 1. The molecule has 0 radical (unpaired) electrons. The number of benzene rings is 1. The molecule has 0 unspecified atom stereocenters. The number of ether oxygens (including phenoxy) is 1. The first-order valence-corrected chi connectivity index (χ1v) is 8.37. The Labute approximate surface area is 141 Å². The van der Waals surface area contributed by atoms with Crippen LogP contribution in [0.4, 0.5) is 11.4 Å². The van der Waals surface area contributed by atoms with Crippen LogP contribution in [0.1, 0.15) is 61.4 Å². The Morgan fingerprint density at radius 2 is 2.08 bits per heavy atom. The lowest BCUT2D eigenvalue weighted by Gasteiger charge is -2.25. The quantitative estimate of drug-likeness (QED) is 0.576. The maximum Gasteiger partial charge on any atom is 0.339 e. The number of hydrogen-bond acceptors (Lipinski definition) is 5. The first-order valence-electron chi connectivity index (χ1n) is 8.37. The van der Waals surface area contributed by atoms with Gasteiger partial charge in [-0.3, -0.25) is 10.1 Å². The Kier molecular flexibility index (Phi) is 6.00. The van der Waals surface area contributed by atoms with E-state index in [4.69, 9.17) is 4.74 Å². The molecular weight excluding hydrogens is 312 g/mol. The first kappa shape index (κ1) is 18.0. The molecule has 1 fully saturated rings. The van der Waals surface area contributed by atoms with Crippen molar-refractivity contribution in [2.24, 2.45) is 0 Å². The maximum atomic E-state index is 11.7. The van der Waals surface area contributed by atoms with E-state index in [-0.39, 0.29) is 23.0 Å². The summed E-state index contributed by atoms with van der Waals surface area (Å²) < 4.78 is 5.10. The monoisotopic (exact) mass is 336 g/mol. The van der Waals surface area contributed by atoms with Gasteiger partial charge < -0.3 is 15.2 Å². The van der Waals surface area contributed by atoms with E-state index in [0.29, 0.717) is 17.7 Å². The number of nitro groups is 1. The van der Waals surface area contributed by atoms with Crippen molar-refractivity contribution >= 4 is 17.3 Å². The molecule has 1 aliphatic rings. The van der Waals surface area contributed by atoms with E-state index in [2.05, 4.69) is 5.32 Å². The molecule has 0 spiro atoms. The molecule has 0 aromatic heterocycles. The Morgan fingerprint density at radius 1 is 1.42 bits per heavy atom. The first-order chi connectivity index (χ1) is 11.5. The summed E-state index contributed by atoms with van der Waals surface area (Å²) in [7, 11) is 1.26. The van der Waals surface area contributed by atoms with Crippen molar-refractivity contribution in [3.63, 3.8) is 0 Å². The third-order valence-electron chi connectivity index (χ3n) is 4.43. The SMILES string of the molecule is CCCc1cc(C(=O)O)c(OC)c([N+](=O)[O-])c1NC1CCCCC1. The highest BCUT2D eigenvalue weighted by molar-refractivity contribution is 5.95. The van der Waals surface area contributed by atoms with Crippen molar-refractivity contribution in [2.75, 3.05) is 12.4 Å². The van der Waals surface area contributed by atoms with Crippen LogP contribution < -0.4 is 10.1 Å². The molecule has 7 nitrogen and oxygen atoms in total. The number of nitrogens with zero attached hydrogens (tertiary/aromatic N) is 1. The third-order valence-corrected chi connectivity index (χ3v) is 4.43. The van der Waals surface area contributed by atoms with Crippen LogP contribution in [0, 0.1) is 10.1 Å². The second-order valence-electron chi connectivity index (χ2n) is 6.13. The number of carboxylic acids is 1. The van der Waals surface area contributed by atoms with Crippen LogP contribution in [0.2, 0.25) is 0 Å². The maximum absolute atomic E-state index is 11.7. The van der Waals surface area contributed by atoms with E-state index in [1.807, 2.05) is 6.92 Å². The van der Waals surface area contributed by atoms with Crippen molar-refractivity contribution < 1.29 is 19.6 Å². The molecule has 24 heavy (non-hydrogen) atoms. The largest absolute Gasteiger partial charge is 0.489 e. The summed E-state index contributed by atoms with van der Waals surface area (Å²) in [6.07, 6.45) is 6.64. The van der Waals surface area contributed by atoms with E-state index in [1.54, 1.807) is 0 Å². The summed E-state index contributed by atoms with van der Waals surface area (Å²) in [4.78, 5) is 22.6. The number of methoxy groups -OCH3 is 1. The number of carbonyl (C=O) groups is 1. The molecule has 0 saturated heterocycles. The average molecular weight is 336 g/mol. The normalized spacial score (nSPS) is 15.1. The molecule has 0 bridgehead atoms. The minimum atomic E-state index is -1.23. The highest BCUT2D eigenvalue weighted by Gasteiger charge is 2.31. The van der Waals surface area contributed by atoms with E-state index >= 15 is 0 Å². The van der Waals surface area contributed by atoms with Crippen LogP contribution >= 0.6 is 0 Å². The topological polar surface area (TPSA) is 102 Å². The van der Waals surface area contributed by atoms with E-state index in [9.17, 15) is 20.0 Å². The van der Waals surface area contributed by atoms with Gasteiger partial charge >= 0.3 is 11.7 Å². The number of nitro benzene ring substituents is 1. The van der Waals surface area contributed by atoms with Crippen molar-refractivity contribution in [3.8, 4) is 5.75 Å². The van der Waals surface area contributed by atoms with Gasteiger partial charge in [0.05, 0.1) is 12.0 Å². The molecule has 1 aliphatic carbocycles. The number of rotatable bonds is 7. The summed E-state index contributed by atoms with van der Waals surface area (Å²) in [5.41, 5.74) is 0.636. The second-order valence-corrected chi connectivity index (χ2v) is 6.13. The highest BCUT2D eigenvalue weighted by Crippen LogP contribution is 2.42. The lowest BCUT2D eigenvalue weighted by atomic mass is 9.94. The highest BCUT2D eigenvalue weighted by atomic mass is 16.6. The molecule has 0 heterocycles. The number of anilines is 1. The standard InChI is InChI=1S/C17H24N2O5/c1-3-7-11-10-13(17(20)21)16(24-2)15(19(22)23)14(11)18-12-8-5-4-6-9-12/h10,12,18H,3-9H2,1-2H3,(H,20,21). The number of carboxylic acid groups (broad SMARTS) is 1. The fourth-order valence-corrected chi connectivity index (χ4v) is 3.32. The van der Waals surface area contributed by atoms with Gasteiger partial charge in [-0.2, -0.15) is 0 Å². The van der Waals surface area contributed by atoms with Gasteiger partial charge in [-0.25, -0.2) is 4.79 Å². The predicted molar refractivity (Wildman–Crippen MR) is 91.1 cm³/mol. The zero-order chi connectivity index (χ0) is 17.7. The molecular formula is C17H24N2O5. The van der Waals surface area contributed by atoms with Crippen molar-refractivity contribution in [1.29, 1.82) is 0 Å². The van der Waals surface area contributed by atoms with Gasteiger partial charge in [-0.1, -0.05) is 32.6 Å². The molecule has 0 aliphatic heterocycles. The van der Waals surface area contributed by atoms with Crippen LogP contribution in [-0.2, 0) is 6.42 Å². The molecule has 0 atom stereocenters.